The molecule has 0 bridgehead atoms. The lowest BCUT2D eigenvalue weighted by molar-refractivity contribution is 0.242. The fraction of sp³-hybridized carbons (Fsp3) is 0.625. The van der Waals surface area contributed by atoms with Crippen molar-refractivity contribution in [2.24, 2.45) is 5.41 Å². The molecular weight excluding hydrogens is 236 g/mol. The molecule has 3 heteroatoms. The Labute approximate surface area is 116 Å². The largest absolute Gasteiger partial charge is 0.491 e. The van der Waals surface area contributed by atoms with Crippen LogP contribution in [0.1, 0.15) is 38.3 Å². The summed E-state index contributed by atoms with van der Waals surface area (Å²) in [5, 5.41) is 6.81. The summed E-state index contributed by atoms with van der Waals surface area (Å²) >= 11 is 0. The van der Waals surface area contributed by atoms with E-state index in [2.05, 4.69) is 55.8 Å². The first-order valence-electron chi connectivity index (χ1n) is 7.20. The maximum atomic E-state index is 5.70. The first-order valence-corrected chi connectivity index (χ1v) is 7.20. The highest BCUT2D eigenvalue weighted by Gasteiger charge is 2.48. The number of hydrogen-bond donors (Lipinski definition) is 2. The fourth-order valence-corrected chi connectivity index (χ4v) is 2.92. The fourth-order valence-electron chi connectivity index (χ4n) is 2.92. The van der Waals surface area contributed by atoms with Gasteiger partial charge in [-0.25, -0.2) is 0 Å². The Morgan fingerprint density at radius 3 is 2.21 bits per heavy atom. The summed E-state index contributed by atoms with van der Waals surface area (Å²) in [5.74, 6) is 0.951. The topological polar surface area (TPSA) is 33.3 Å². The zero-order valence-corrected chi connectivity index (χ0v) is 12.5. The van der Waals surface area contributed by atoms with E-state index in [0.717, 1.165) is 12.3 Å². The van der Waals surface area contributed by atoms with Gasteiger partial charge < -0.3 is 15.4 Å². The average molecular weight is 262 g/mol. The summed E-state index contributed by atoms with van der Waals surface area (Å²) in [6.45, 7) is 5.18. The van der Waals surface area contributed by atoms with Gasteiger partial charge in [0, 0.05) is 18.0 Å². The maximum absolute atomic E-state index is 5.70. The number of rotatable bonds is 7. The second-order valence-electron chi connectivity index (χ2n) is 5.85. The second-order valence-corrected chi connectivity index (χ2v) is 5.85. The molecule has 1 aromatic rings. The third kappa shape index (κ3) is 3.28. The van der Waals surface area contributed by atoms with Gasteiger partial charge in [0.2, 0.25) is 0 Å². The van der Waals surface area contributed by atoms with Crippen LogP contribution in [-0.2, 0) is 0 Å². The van der Waals surface area contributed by atoms with Gasteiger partial charge in [0.1, 0.15) is 5.75 Å². The highest BCUT2D eigenvalue weighted by atomic mass is 16.5. The third-order valence-electron chi connectivity index (χ3n) is 3.91. The van der Waals surface area contributed by atoms with Crippen molar-refractivity contribution in [2.45, 2.75) is 38.8 Å². The summed E-state index contributed by atoms with van der Waals surface area (Å²) < 4.78 is 5.70. The molecule has 0 saturated heterocycles. The van der Waals surface area contributed by atoms with E-state index >= 15 is 0 Å². The molecule has 1 aliphatic carbocycles. The summed E-state index contributed by atoms with van der Waals surface area (Å²) in [4.78, 5) is 0. The van der Waals surface area contributed by atoms with Crippen molar-refractivity contribution in [3.8, 4) is 5.75 Å². The van der Waals surface area contributed by atoms with E-state index in [1.54, 1.807) is 0 Å². The van der Waals surface area contributed by atoms with Crippen LogP contribution in [0.2, 0.25) is 0 Å². The van der Waals surface area contributed by atoms with Crippen molar-refractivity contribution in [2.75, 3.05) is 20.6 Å². The normalized spacial score (nSPS) is 18.4. The lowest BCUT2D eigenvalue weighted by Gasteiger charge is -2.27. The smallest absolute Gasteiger partial charge is 0.119 e. The molecule has 0 aromatic heterocycles. The van der Waals surface area contributed by atoms with Crippen LogP contribution in [0.25, 0.3) is 0 Å². The molecule has 0 radical (unpaired) electrons. The minimum atomic E-state index is 0.227. The van der Waals surface area contributed by atoms with Gasteiger partial charge in [-0.3, -0.25) is 0 Å². The molecular formula is C16H26N2O. The lowest BCUT2D eigenvalue weighted by Crippen LogP contribution is -2.33. The average Bonchev–Trinajstić information content (AvgIpc) is 3.13. The van der Waals surface area contributed by atoms with Crippen LogP contribution < -0.4 is 15.4 Å². The molecule has 0 aliphatic heterocycles. The first-order chi connectivity index (χ1) is 9.11. The Bertz CT molecular complexity index is 396. The van der Waals surface area contributed by atoms with Crippen LogP contribution in [0.5, 0.6) is 5.75 Å². The molecule has 0 amide bonds. The van der Waals surface area contributed by atoms with Gasteiger partial charge in [0.15, 0.2) is 0 Å². The Kier molecular flexibility index (Phi) is 4.48. The first kappa shape index (κ1) is 14.4. The standard InChI is InChI=1S/C16H26N2O/c1-12(2)19-14-7-5-13(6-8-14)15(18-4)16(9-10-16)11-17-3/h5-8,12,15,17-18H,9-11H2,1-4H3. The van der Waals surface area contributed by atoms with Gasteiger partial charge in [0.25, 0.3) is 0 Å². The number of nitrogens with one attached hydrogen (secondary N) is 2. The van der Waals surface area contributed by atoms with Gasteiger partial charge in [-0.2, -0.15) is 0 Å². The van der Waals surface area contributed by atoms with Gasteiger partial charge >= 0.3 is 0 Å². The van der Waals surface area contributed by atoms with Crippen molar-refractivity contribution in [1.82, 2.24) is 10.6 Å². The number of hydrogen-bond acceptors (Lipinski definition) is 3. The van der Waals surface area contributed by atoms with E-state index in [-0.39, 0.29) is 6.10 Å². The van der Waals surface area contributed by atoms with Crippen molar-refractivity contribution in [1.29, 1.82) is 0 Å². The molecule has 0 spiro atoms. The lowest BCUT2D eigenvalue weighted by atomic mass is 9.90. The SMILES string of the molecule is CNCC1(C(NC)c2ccc(OC(C)C)cc2)CC1. The summed E-state index contributed by atoms with van der Waals surface area (Å²) in [5.41, 5.74) is 1.75. The van der Waals surface area contributed by atoms with Gasteiger partial charge in [-0.1, -0.05) is 12.1 Å². The van der Waals surface area contributed by atoms with E-state index < -0.39 is 0 Å². The summed E-state index contributed by atoms with van der Waals surface area (Å²) in [6.07, 6.45) is 2.82. The summed E-state index contributed by atoms with van der Waals surface area (Å²) in [6, 6.07) is 8.96. The quantitative estimate of drug-likeness (QED) is 0.792. The van der Waals surface area contributed by atoms with E-state index in [1.807, 2.05) is 7.05 Å². The van der Waals surface area contributed by atoms with E-state index in [1.165, 1.54) is 18.4 Å². The minimum Gasteiger partial charge on any atom is -0.491 e. The van der Waals surface area contributed by atoms with Gasteiger partial charge in [-0.15, -0.1) is 0 Å². The molecule has 1 unspecified atom stereocenters. The predicted molar refractivity (Wildman–Crippen MR) is 79.6 cm³/mol. The molecule has 2 rings (SSSR count). The molecule has 2 N–H and O–H groups in total. The van der Waals surface area contributed by atoms with Crippen molar-refractivity contribution >= 4 is 0 Å². The summed E-state index contributed by atoms with van der Waals surface area (Å²) in [7, 11) is 4.09. The van der Waals surface area contributed by atoms with Crippen molar-refractivity contribution in [3.63, 3.8) is 0 Å². The Morgan fingerprint density at radius 2 is 1.79 bits per heavy atom. The molecule has 106 valence electrons. The van der Waals surface area contributed by atoms with Crippen LogP contribution >= 0.6 is 0 Å². The Hall–Kier alpha value is -1.06. The van der Waals surface area contributed by atoms with Gasteiger partial charge in [0.05, 0.1) is 6.10 Å². The zero-order chi connectivity index (χ0) is 13.9. The number of benzene rings is 1. The van der Waals surface area contributed by atoms with Crippen molar-refractivity contribution < 1.29 is 4.74 Å². The molecule has 1 atom stereocenters. The van der Waals surface area contributed by atoms with E-state index in [9.17, 15) is 0 Å². The van der Waals surface area contributed by atoms with Crippen LogP contribution in [0.4, 0.5) is 0 Å². The maximum Gasteiger partial charge on any atom is 0.119 e. The molecule has 3 nitrogen and oxygen atoms in total. The predicted octanol–water partition coefficient (Wildman–Crippen LogP) is 2.73. The molecule has 1 saturated carbocycles. The van der Waals surface area contributed by atoms with Crippen molar-refractivity contribution in [3.05, 3.63) is 29.8 Å². The third-order valence-corrected chi connectivity index (χ3v) is 3.91. The highest BCUT2D eigenvalue weighted by Crippen LogP contribution is 2.54. The monoisotopic (exact) mass is 262 g/mol. The van der Waals surface area contributed by atoms with E-state index in [0.29, 0.717) is 11.5 Å². The van der Waals surface area contributed by atoms with Gasteiger partial charge in [-0.05, 0) is 58.5 Å². The molecule has 1 aliphatic rings. The highest BCUT2D eigenvalue weighted by molar-refractivity contribution is 5.31. The molecule has 0 heterocycles. The van der Waals surface area contributed by atoms with Crippen LogP contribution in [-0.4, -0.2) is 26.7 Å². The van der Waals surface area contributed by atoms with Crippen LogP contribution in [0.15, 0.2) is 24.3 Å². The molecule has 19 heavy (non-hydrogen) atoms. The zero-order valence-electron chi connectivity index (χ0n) is 12.5. The van der Waals surface area contributed by atoms with E-state index in [4.69, 9.17) is 4.74 Å². The molecule has 1 fully saturated rings. The second kappa shape index (κ2) is 5.93. The van der Waals surface area contributed by atoms with Crippen LogP contribution in [0, 0.1) is 5.41 Å². The minimum absolute atomic E-state index is 0.227. The Balaban J connectivity index is 2.11. The van der Waals surface area contributed by atoms with Crippen LogP contribution in [0.3, 0.4) is 0 Å². The molecule has 1 aromatic carbocycles. The number of ether oxygens (including phenoxy) is 1. The Morgan fingerprint density at radius 1 is 1.16 bits per heavy atom.